The third-order valence-electron chi connectivity index (χ3n) is 3.60. The predicted octanol–water partition coefficient (Wildman–Crippen LogP) is 4.76. The summed E-state index contributed by atoms with van der Waals surface area (Å²) in [4.78, 5) is 14.8. The number of ether oxygens (including phenoxy) is 2. The van der Waals surface area contributed by atoms with Crippen molar-refractivity contribution in [2.75, 3.05) is 19.1 Å². The van der Waals surface area contributed by atoms with Gasteiger partial charge in [-0.1, -0.05) is 35.6 Å². The van der Waals surface area contributed by atoms with E-state index in [-0.39, 0.29) is 5.91 Å². The van der Waals surface area contributed by atoms with Gasteiger partial charge in [-0.25, -0.2) is 0 Å². The van der Waals surface area contributed by atoms with E-state index in [0.29, 0.717) is 31.4 Å². The molecule has 1 saturated heterocycles. The number of hydrogen-bond donors (Lipinski definition) is 0. The Balaban J connectivity index is 1.97. The predicted molar refractivity (Wildman–Crippen MR) is 107 cm³/mol. The Kier molecular flexibility index (Phi) is 5.32. The summed E-state index contributed by atoms with van der Waals surface area (Å²) in [7, 11) is 3.17. The van der Waals surface area contributed by atoms with Gasteiger partial charge in [0.25, 0.3) is 5.91 Å². The highest BCUT2D eigenvalue weighted by atomic mass is 35.5. The van der Waals surface area contributed by atoms with Crippen LogP contribution in [-0.2, 0) is 4.79 Å². The number of halogens is 1. The molecule has 0 bridgehead atoms. The monoisotopic (exact) mass is 391 g/mol. The number of amides is 1. The smallest absolute Gasteiger partial charge is 0.270 e. The molecule has 0 N–H and O–H groups in total. The number of rotatable bonds is 4. The number of thiocarbonyl (C=S) groups is 1. The Morgan fingerprint density at radius 1 is 1.12 bits per heavy atom. The zero-order chi connectivity index (χ0) is 18.0. The third kappa shape index (κ3) is 3.66. The quantitative estimate of drug-likeness (QED) is 0.554. The summed E-state index contributed by atoms with van der Waals surface area (Å²) in [5.41, 5.74) is 1.44. The molecular formula is C18H14ClNO3S2. The van der Waals surface area contributed by atoms with Crippen LogP contribution in [0, 0.1) is 0 Å². The molecule has 1 fully saturated rings. The van der Waals surface area contributed by atoms with Crippen LogP contribution < -0.4 is 14.4 Å². The molecule has 128 valence electrons. The van der Waals surface area contributed by atoms with Gasteiger partial charge in [-0.3, -0.25) is 9.69 Å². The molecule has 2 aromatic rings. The lowest BCUT2D eigenvalue weighted by molar-refractivity contribution is -0.113. The fourth-order valence-corrected chi connectivity index (χ4v) is 3.79. The van der Waals surface area contributed by atoms with Crippen LogP contribution in [0.5, 0.6) is 11.5 Å². The van der Waals surface area contributed by atoms with E-state index < -0.39 is 0 Å². The van der Waals surface area contributed by atoms with Crippen LogP contribution in [0.25, 0.3) is 6.08 Å². The van der Waals surface area contributed by atoms with E-state index in [9.17, 15) is 4.79 Å². The number of anilines is 1. The van der Waals surface area contributed by atoms with Gasteiger partial charge < -0.3 is 9.47 Å². The van der Waals surface area contributed by atoms with Crippen LogP contribution >= 0.6 is 35.6 Å². The van der Waals surface area contributed by atoms with Crippen molar-refractivity contribution < 1.29 is 14.3 Å². The maximum Gasteiger partial charge on any atom is 0.270 e. The molecule has 1 aliphatic rings. The second-order valence-corrected chi connectivity index (χ2v) is 7.21. The van der Waals surface area contributed by atoms with Crippen molar-refractivity contribution in [2.24, 2.45) is 0 Å². The van der Waals surface area contributed by atoms with Gasteiger partial charge in [-0.15, -0.1) is 0 Å². The first kappa shape index (κ1) is 17.8. The van der Waals surface area contributed by atoms with E-state index in [4.69, 9.17) is 33.3 Å². The highest BCUT2D eigenvalue weighted by Crippen LogP contribution is 2.38. The van der Waals surface area contributed by atoms with Gasteiger partial charge in [0, 0.05) is 10.6 Å². The largest absolute Gasteiger partial charge is 0.497 e. The molecule has 1 amide bonds. The van der Waals surface area contributed by atoms with Gasteiger partial charge >= 0.3 is 0 Å². The summed E-state index contributed by atoms with van der Waals surface area (Å²) in [5, 5.41) is 0.603. The molecule has 3 rings (SSSR count). The van der Waals surface area contributed by atoms with Gasteiger partial charge in [0.1, 0.15) is 11.5 Å². The van der Waals surface area contributed by atoms with Crippen molar-refractivity contribution in [3.8, 4) is 11.5 Å². The summed E-state index contributed by atoms with van der Waals surface area (Å²) in [6, 6.07) is 12.4. The first-order valence-electron chi connectivity index (χ1n) is 7.29. The molecular weight excluding hydrogens is 378 g/mol. The minimum Gasteiger partial charge on any atom is -0.497 e. The number of methoxy groups -OCH3 is 2. The molecule has 0 atom stereocenters. The highest BCUT2D eigenvalue weighted by molar-refractivity contribution is 8.27. The van der Waals surface area contributed by atoms with Crippen LogP contribution in [-0.4, -0.2) is 24.4 Å². The first-order valence-corrected chi connectivity index (χ1v) is 8.89. The molecule has 0 radical (unpaired) electrons. The number of benzene rings is 2. The molecule has 4 nitrogen and oxygen atoms in total. The van der Waals surface area contributed by atoms with Crippen molar-refractivity contribution in [1.82, 2.24) is 0 Å². The van der Waals surface area contributed by atoms with Crippen molar-refractivity contribution in [3.63, 3.8) is 0 Å². The molecule has 0 aliphatic carbocycles. The zero-order valence-corrected chi connectivity index (χ0v) is 15.9. The molecule has 7 heteroatoms. The minimum absolute atomic E-state index is 0.179. The topological polar surface area (TPSA) is 38.8 Å². The molecule has 0 aromatic heterocycles. The normalized spacial score (nSPS) is 15.8. The lowest BCUT2D eigenvalue weighted by Gasteiger charge is -2.14. The van der Waals surface area contributed by atoms with Gasteiger partial charge in [-0.05, 0) is 48.5 Å². The summed E-state index contributed by atoms with van der Waals surface area (Å²) < 4.78 is 11.1. The van der Waals surface area contributed by atoms with Gasteiger partial charge in [0.05, 0.1) is 24.8 Å². The zero-order valence-electron chi connectivity index (χ0n) is 13.5. The van der Waals surface area contributed by atoms with E-state index in [2.05, 4.69) is 0 Å². The van der Waals surface area contributed by atoms with Crippen molar-refractivity contribution >= 4 is 57.6 Å². The van der Waals surface area contributed by atoms with Crippen LogP contribution in [0.4, 0.5) is 5.69 Å². The van der Waals surface area contributed by atoms with Gasteiger partial charge in [0.2, 0.25) is 0 Å². The summed E-state index contributed by atoms with van der Waals surface area (Å²) in [5.74, 6) is 1.15. The van der Waals surface area contributed by atoms with Crippen molar-refractivity contribution in [1.29, 1.82) is 0 Å². The lowest BCUT2D eigenvalue weighted by atomic mass is 10.1. The van der Waals surface area contributed by atoms with E-state index in [1.165, 1.54) is 16.7 Å². The Hall–Kier alpha value is -2.02. The van der Waals surface area contributed by atoms with Crippen LogP contribution in [0.1, 0.15) is 5.56 Å². The molecule has 0 spiro atoms. The SMILES string of the molecule is COc1ccc(OC)c(/C=C2\SC(=S)N(c3ccc(Cl)cc3)C2=O)c1. The molecule has 2 aromatic carbocycles. The van der Waals surface area contributed by atoms with Crippen LogP contribution in [0.2, 0.25) is 5.02 Å². The summed E-state index contributed by atoms with van der Waals surface area (Å²) in [6.07, 6.45) is 1.76. The van der Waals surface area contributed by atoms with Crippen LogP contribution in [0.15, 0.2) is 47.4 Å². The van der Waals surface area contributed by atoms with Crippen molar-refractivity contribution in [3.05, 3.63) is 58.0 Å². The number of carbonyl (C=O) groups is 1. The Morgan fingerprint density at radius 2 is 1.84 bits per heavy atom. The number of carbonyl (C=O) groups excluding carboxylic acids is 1. The van der Waals surface area contributed by atoms with Crippen LogP contribution in [0.3, 0.4) is 0 Å². The number of hydrogen-bond acceptors (Lipinski definition) is 5. The highest BCUT2D eigenvalue weighted by Gasteiger charge is 2.33. The second kappa shape index (κ2) is 7.47. The first-order chi connectivity index (χ1) is 12.0. The maximum atomic E-state index is 12.8. The van der Waals surface area contributed by atoms with E-state index in [1.54, 1.807) is 56.7 Å². The van der Waals surface area contributed by atoms with Gasteiger partial charge in [-0.2, -0.15) is 0 Å². The van der Waals surface area contributed by atoms with Gasteiger partial charge in [0.15, 0.2) is 4.32 Å². The van der Waals surface area contributed by atoms with E-state index >= 15 is 0 Å². The summed E-state index contributed by atoms with van der Waals surface area (Å²) in [6.45, 7) is 0. The fourth-order valence-electron chi connectivity index (χ4n) is 2.37. The van der Waals surface area contributed by atoms with E-state index in [0.717, 1.165) is 5.56 Å². The fraction of sp³-hybridized carbons (Fsp3) is 0.111. The molecule has 0 saturated carbocycles. The Bertz CT molecular complexity index is 865. The average molecular weight is 392 g/mol. The van der Waals surface area contributed by atoms with Crippen molar-refractivity contribution in [2.45, 2.75) is 0 Å². The number of thioether (sulfide) groups is 1. The maximum absolute atomic E-state index is 12.8. The standard InChI is InChI=1S/C18H14ClNO3S2/c1-22-14-7-8-15(23-2)11(9-14)10-16-17(21)20(18(24)25-16)13-5-3-12(19)4-6-13/h3-10H,1-2H3/b16-10-. The molecule has 1 heterocycles. The third-order valence-corrected chi connectivity index (χ3v) is 5.16. The molecule has 25 heavy (non-hydrogen) atoms. The Morgan fingerprint density at radius 3 is 2.48 bits per heavy atom. The minimum atomic E-state index is -0.179. The second-order valence-electron chi connectivity index (χ2n) is 5.10. The number of nitrogens with zero attached hydrogens (tertiary/aromatic N) is 1. The summed E-state index contributed by atoms with van der Waals surface area (Å²) >= 11 is 12.5. The molecule has 0 unspecified atom stereocenters. The average Bonchev–Trinajstić information content (AvgIpc) is 2.89. The lowest BCUT2D eigenvalue weighted by Crippen LogP contribution is -2.27. The van der Waals surface area contributed by atoms with E-state index in [1.807, 2.05) is 6.07 Å². The molecule has 1 aliphatic heterocycles. The Labute approximate surface area is 160 Å².